The zero-order valence-corrected chi connectivity index (χ0v) is 36.8. The number of piperidine rings is 2. The van der Waals surface area contributed by atoms with Crippen molar-refractivity contribution >= 4 is 40.3 Å². The number of H-pyrrole nitrogens is 1. The number of nitrogens with zero attached hydrogens (tertiary/aromatic N) is 7. The van der Waals surface area contributed by atoms with Crippen molar-refractivity contribution in [3.8, 4) is 22.5 Å². The molecular formula is C49H56N10O4. The zero-order chi connectivity index (χ0) is 43.8. The van der Waals surface area contributed by atoms with Crippen LogP contribution in [0.25, 0.3) is 33.5 Å². The number of nitrogens with one attached hydrogen (secondary N) is 3. The SMILES string of the molecule is Cc1cc(-c2ncnc3[nH]c(-c4ccc(C5CCN(CC6CCN(c7ccc(N8CCC(=O)NC8=O)cc7)CC6)CC5)cc4)cc23)ccc1C(C)NC(=O)c1nc(C(C)(C)C)no1. The average molecular weight is 849 g/mol. The summed E-state index contributed by atoms with van der Waals surface area (Å²) in [7, 11) is 0. The third-order valence-electron chi connectivity index (χ3n) is 13.1. The Morgan fingerprint density at radius 1 is 0.873 bits per heavy atom. The highest BCUT2D eigenvalue weighted by Gasteiger charge is 2.28. The Kier molecular flexibility index (Phi) is 11.6. The number of carbonyl (C=O) groups excluding carboxylic acids is 3. The topological polar surface area (TPSA) is 165 Å². The van der Waals surface area contributed by atoms with Gasteiger partial charge in [0.25, 0.3) is 0 Å². The molecule has 0 bridgehead atoms. The van der Waals surface area contributed by atoms with Gasteiger partial charge in [0, 0.05) is 66.0 Å². The third kappa shape index (κ3) is 9.08. The van der Waals surface area contributed by atoms with Gasteiger partial charge in [0.05, 0.1) is 11.7 Å². The van der Waals surface area contributed by atoms with Crippen LogP contribution in [0.3, 0.4) is 0 Å². The predicted molar refractivity (Wildman–Crippen MR) is 244 cm³/mol. The molecular weight excluding hydrogens is 793 g/mol. The van der Waals surface area contributed by atoms with E-state index in [9.17, 15) is 14.4 Å². The highest BCUT2D eigenvalue weighted by molar-refractivity contribution is 6.05. The summed E-state index contributed by atoms with van der Waals surface area (Å²) in [5, 5.41) is 10.3. The normalized spacial score (nSPS) is 17.6. The first-order valence-electron chi connectivity index (χ1n) is 22.2. The van der Waals surface area contributed by atoms with Gasteiger partial charge in [-0.25, -0.2) is 14.8 Å². The van der Waals surface area contributed by atoms with Crippen LogP contribution < -0.4 is 20.4 Å². The Morgan fingerprint density at radius 2 is 1.59 bits per heavy atom. The van der Waals surface area contributed by atoms with Crippen molar-refractivity contribution in [2.75, 3.05) is 49.1 Å². The molecule has 63 heavy (non-hydrogen) atoms. The number of imide groups is 1. The Labute approximate surface area is 367 Å². The van der Waals surface area contributed by atoms with Crippen molar-refractivity contribution < 1.29 is 18.9 Å². The molecule has 3 N–H and O–H groups in total. The summed E-state index contributed by atoms with van der Waals surface area (Å²) >= 11 is 0. The molecule has 326 valence electrons. The zero-order valence-electron chi connectivity index (χ0n) is 36.8. The highest BCUT2D eigenvalue weighted by Crippen LogP contribution is 2.35. The summed E-state index contributed by atoms with van der Waals surface area (Å²) in [6, 6.07) is 24.9. The van der Waals surface area contributed by atoms with Crippen LogP contribution in [0.15, 0.2) is 83.6 Å². The predicted octanol–water partition coefficient (Wildman–Crippen LogP) is 8.31. The lowest BCUT2D eigenvalue weighted by Crippen LogP contribution is -2.49. The molecule has 6 heterocycles. The van der Waals surface area contributed by atoms with E-state index >= 15 is 0 Å². The van der Waals surface area contributed by atoms with Gasteiger partial charge in [-0.05, 0) is 123 Å². The lowest BCUT2D eigenvalue weighted by atomic mass is 9.87. The average Bonchev–Trinajstić information content (AvgIpc) is 3.97. The number of anilines is 2. The third-order valence-corrected chi connectivity index (χ3v) is 13.1. The van der Waals surface area contributed by atoms with Crippen molar-refractivity contribution in [1.82, 2.24) is 40.6 Å². The van der Waals surface area contributed by atoms with Crippen LogP contribution in [0.5, 0.6) is 0 Å². The number of hydrogen-bond acceptors (Lipinski definition) is 10. The molecule has 14 nitrogen and oxygen atoms in total. The minimum Gasteiger partial charge on any atom is -0.372 e. The number of aromatic nitrogens is 5. The lowest BCUT2D eigenvalue weighted by Gasteiger charge is -2.38. The van der Waals surface area contributed by atoms with Gasteiger partial charge in [-0.2, -0.15) is 4.98 Å². The van der Waals surface area contributed by atoms with Gasteiger partial charge < -0.3 is 24.6 Å². The van der Waals surface area contributed by atoms with Crippen LogP contribution in [0.4, 0.5) is 16.2 Å². The van der Waals surface area contributed by atoms with Gasteiger partial charge >= 0.3 is 17.8 Å². The maximum Gasteiger partial charge on any atom is 0.328 e. The number of benzene rings is 3. The standard InChI is InChI=1S/C49H56N10O4/c1-30-26-36(10-15-39(30)31(2)52-45(61)46-55-47(56-63-46)49(3,4)5)43-40-27-41(53-44(40)51-29-50-43)35-8-6-33(7-9-35)34-18-21-57(22-19-34)28-32-16-23-58(24-17-32)37-11-13-38(14-12-37)59-25-20-42(60)54-48(59)62/h6-15,26-27,29,31-32,34H,16-25,28H2,1-5H3,(H,52,61)(H,50,51,53)(H,54,60,62). The quantitative estimate of drug-likeness (QED) is 0.122. The molecule has 1 atom stereocenters. The van der Waals surface area contributed by atoms with E-state index in [0.717, 1.165) is 83.1 Å². The van der Waals surface area contributed by atoms with E-state index in [2.05, 4.69) is 89.1 Å². The lowest BCUT2D eigenvalue weighted by molar-refractivity contribution is -0.120. The van der Waals surface area contributed by atoms with Crippen LogP contribution in [-0.4, -0.2) is 87.1 Å². The molecule has 3 aliphatic rings. The molecule has 9 rings (SSSR count). The molecule has 3 saturated heterocycles. The molecule has 3 aromatic carbocycles. The molecule has 3 aliphatic heterocycles. The molecule has 4 amide bonds. The number of aromatic amines is 1. The summed E-state index contributed by atoms with van der Waals surface area (Å²) in [6.07, 6.45) is 6.61. The van der Waals surface area contributed by atoms with E-state index in [1.165, 1.54) is 36.9 Å². The smallest absolute Gasteiger partial charge is 0.328 e. The van der Waals surface area contributed by atoms with Gasteiger partial charge in [0.2, 0.25) is 5.91 Å². The van der Waals surface area contributed by atoms with Crippen LogP contribution in [0, 0.1) is 12.8 Å². The van der Waals surface area contributed by atoms with Gasteiger partial charge in [0.1, 0.15) is 12.0 Å². The molecule has 6 aromatic rings. The van der Waals surface area contributed by atoms with Crippen LogP contribution in [-0.2, 0) is 10.2 Å². The minimum absolute atomic E-state index is 0.0431. The number of aryl methyl sites for hydroxylation is 1. The van der Waals surface area contributed by atoms with Crippen molar-refractivity contribution in [3.63, 3.8) is 0 Å². The maximum absolute atomic E-state index is 12.9. The first-order valence-corrected chi connectivity index (χ1v) is 22.2. The molecule has 0 spiro atoms. The fourth-order valence-electron chi connectivity index (χ4n) is 9.37. The number of urea groups is 1. The van der Waals surface area contributed by atoms with Crippen molar-refractivity contribution in [2.24, 2.45) is 5.92 Å². The Balaban J connectivity index is 0.768. The van der Waals surface area contributed by atoms with Gasteiger partial charge in [-0.15, -0.1) is 0 Å². The number of amides is 4. The second-order valence-corrected chi connectivity index (χ2v) is 18.5. The maximum atomic E-state index is 12.9. The van der Waals surface area contributed by atoms with Crippen LogP contribution >= 0.6 is 0 Å². The van der Waals surface area contributed by atoms with Gasteiger partial charge in [0.15, 0.2) is 5.82 Å². The molecule has 0 radical (unpaired) electrons. The Morgan fingerprint density at radius 3 is 2.27 bits per heavy atom. The van der Waals surface area contributed by atoms with E-state index in [1.54, 1.807) is 11.2 Å². The van der Waals surface area contributed by atoms with Gasteiger partial charge in [-0.3, -0.25) is 19.8 Å². The number of likely N-dealkylation sites (tertiary alicyclic amines) is 1. The second-order valence-electron chi connectivity index (χ2n) is 18.5. The van der Waals surface area contributed by atoms with E-state index in [-0.39, 0.29) is 29.3 Å². The largest absolute Gasteiger partial charge is 0.372 e. The van der Waals surface area contributed by atoms with Crippen molar-refractivity contribution in [3.05, 3.63) is 108 Å². The molecule has 1 unspecified atom stereocenters. The summed E-state index contributed by atoms with van der Waals surface area (Å²) in [5.74, 6) is 1.08. The first-order chi connectivity index (χ1) is 30.4. The number of rotatable bonds is 10. The summed E-state index contributed by atoms with van der Waals surface area (Å²) in [5.41, 5.74) is 9.82. The van der Waals surface area contributed by atoms with Gasteiger partial charge in [-0.1, -0.05) is 62.3 Å². The van der Waals surface area contributed by atoms with Crippen LogP contribution in [0.2, 0.25) is 0 Å². The Bertz CT molecular complexity index is 2610. The minimum atomic E-state index is -0.403. The number of carbonyl (C=O) groups is 3. The monoisotopic (exact) mass is 848 g/mol. The number of fused-ring (bicyclic) bond motifs is 1. The van der Waals surface area contributed by atoms with E-state index < -0.39 is 5.91 Å². The summed E-state index contributed by atoms with van der Waals surface area (Å²) in [4.78, 5) is 60.6. The van der Waals surface area contributed by atoms with Crippen molar-refractivity contribution in [1.29, 1.82) is 0 Å². The van der Waals surface area contributed by atoms with Crippen molar-refractivity contribution in [2.45, 2.75) is 84.1 Å². The van der Waals surface area contributed by atoms with E-state index in [1.807, 2.05) is 58.9 Å². The Hall–Kier alpha value is -6.41. The molecule has 0 saturated carbocycles. The molecule has 3 fully saturated rings. The highest BCUT2D eigenvalue weighted by atomic mass is 16.5. The van der Waals surface area contributed by atoms with Crippen LogP contribution in [0.1, 0.15) is 105 Å². The molecule has 0 aliphatic carbocycles. The fraction of sp³-hybridized carbons (Fsp3) is 0.408. The molecule has 3 aromatic heterocycles. The van der Waals surface area contributed by atoms with E-state index in [0.29, 0.717) is 30.6 Å². The summed E-state index contributed by atoms with van der Waals surface area (Å²) < 4.78 is 5.25. The summed E-state index contributed by atoms with van der Waals surface area (Å²) in [6.45, 7) is 15.8. The second kappa shape index (κ2) is 17.4. The first kappa shape index (κ1) is 41.9. The fourth-order valence-corrected chi connectivity index (χ4v) is 9.37. The molecule has 14 heteroatoms. The van der Waals surface area contributed by atoms with E-state index in [4.69, 9.17) is 9.51 Å². The number of hydrogen-bond donors (Lipinski definition) is 3.